The van der Waals surface area contributed by atoms with Crippen LogP contribution in [0.5, 0.6) is 0 Å². The average molecular weight is 374 g/mol. The number of carbonyl (C=O) groups excluding carboxylic acids is 1. The van der Waals surface area contributed by atoms with Crippen molar-refractivity contribution in [1.82, 2.24) is 15.2 Å². The van der Waals surface area contributed by atoms with E-state index in [1.807, 2.05) is 12.1 Å². The summed E-state index contributed by atoms with van der Waals surface area (Å²) in [6, 6.07) is 13.6. The van der Waals surface area contributed by atoms with Crippen LogP contribution in [0.3, 0.4) is 0 Å². The molecule has 0 bridgehead atoms. The SMILES string of the molecule is CCOC(=O)c1ccnc(Nc2ccc(-c3ccc4c(c3)CCCC4)nn2)c1. The fourth-order valence-electron chi connectivity index (χ4n) is 3.42. The first-order valence-electron chi connectivity index (χ1n) is 9.59. The van der Waals surface area contributed by atoms with Gasteiger partial charge in [0, 0.05) is 11.8 Å². The van der Waals surface area contributed by atoms with E-state index in [0.29, 0.717) is 23.8 Å². The van der Waals surface area contributed by atoms with E-state index in [1.54, 1.807) is 25.3 Å². The van der Waals surface area contributed by atoms with Crippen molar-refractivity contribution in [2.75, 3.05) is 11.9 Å². The molecule has 28 heavy (non-hydrogen) atoms. The van der Waals surface area contributed by atoms with Crippen LogP contribution in [0.25, 0.3) is 11.3 Å². The molecule has 0 saturated heterocycles. The summed E-state index contributed by atoms with van der Waals surface area (Å²) >= 11 is 0. The number of aryl methyl sites for hydroxylation is 2. The first-order valence-corrected chi connectivity index (χ1v) is 9.59. The van der Waals surface area contributed by atoms with E-state index in [1.165, 1.54) is 30.4 Å². The van der Waals surface area contributed by atoms with E-state index in [4.69, 9.17) is 4.74 Å². The van der Waals surface area contributed by atoms with Crippen LogP contribution in [0, 0.1) is 0 Å². The monoisotopic (exact) mass is 374 g/mol. The molecule has 142 valence electrons. The van der Waals surface area contributed by atoms with Crippen molar-refractivity contribution in [3.8, 4) is 11.3 Å². The number of ether oxygens (including phenoxy) is 1. The van der Waals surface area contributed by atoms with Crippen molar-refractivity contribution in [2.24, 2.45) is 0 Å². The van der Waals surface area contributed by atoms with Gasteiger partial charge in [-0.15, -0.1) is 10.2 Å². The zero-order valence-electron chi connectivity index (χ0n) is 15.8. The molecule has 0 aliphatic heterocycles. The second kappa shape index (κ2) is 8.17. The maximum atomic E-state index is 11.8. The van der Waals surface area contributed by atoms with Gasteiger partial charge >= 0.3 is 5.97 Å². The number of benzene rings is 1. The van der Waals surface area contributed by atoms with Gasteiger partial charge in [-0.2, -0.15) is 0 Å². The third-order valence-electron chi connectivity index (χ3n) is 4.84. The van der Waals surface area contributed by atoms with Crippen LogP contribution in [0.2, 0.25) is 0 Å². The highest BCUT2D eigenvalue weighted by atomic mass is 16.5. The van der Waals surface area contributed by atoms with E-state index < -0.39 is 0 Å². The molecule has 2 aromatic heterocycles. The second-order valence-corrected chi connectivity index (χ2v) is 6.77. The van der Waals surface area contributed by atoms with Crippen LogP contribution in [-0.2, 0) is 17.6 Å². The number of hydrogen-bond donors (Lipinski definition) is 1. The van der Waals surface area contributed by atoms with Crippen molar-refractivity contribution < 1.29 is 9.53 Å². The Labute approximate surface area is 164 Å². The Balaban J connectivity index is 1.50. The molecule has 1 aromatic carbocycles. The molecule has 4 rings (SSSR count). The lowest BCUT2D eigenvalue weighted by Gasteiger charge is -2.16. The van der Waals surface area contributed by atoms with Crippen LogP contribution in [0.4, 0.5) is 11.6 Å². The van der Waals surface area contributed by atoms with Gasteiger partial charge < -0.3 is 10.1 Å². The van der Waals surface area contributed by atoms with Crippen molar-refractivity contribution >= 4 is 17.6 Å². The number of anilines is 2. The van der Waals surface area contributed by atoms with E-state index in [-0.39, 0.29) is 5.97 Å². The number of esters is 1. The molecular weight excluding hydrogens is 352 g/mol. The van der Waals surface area contributed by atoms with Crippen LogP contribution in [-0.4, -0.2) is 27.8 Å². The van der Waals surface area contributed by atoms with E-state index in [2.05, 4.69) is 38.7 Å². The minimum atomic E-state index is -0.373. The minimum absolute atomic E-state index is 0.333. The molecule has 2 heterocycles. The number of hydrogen-bond acceptors (Lipinski definition) is 6. The summed E-state index contributed by atoms with van der Waals surface area (Å²) in [5.41, 5.74) is 5.24. The van der Waals surface area contributed by atoms with E-state index >= 15 is 0 Å². The van der Waals surface area contributed by atoms with Gasteiger partial charge in [-0.25, -0.2) is 9.78 Å². The quantitative estimate of drug-likeness (QED) is 0.670. The van der Waals surface area contributed by atoms with Crippen molar-refractivity contribution in [3.63, 3.8) is 0 Å². The van der Waals surface area contributed by atoms with Crippen LogP contribution >= 0.6 is 0 Å². The highest BCUT2D eigenvalue weighted by molar-refractivity contribution is 5.90. The Bertz CT molecular complexity index is 986. The predicted molar refractivity (Wildman–Crippen MR) is 108 cm³/mol. The largest absolute Gasteiger partial charge is 0.462 e. The number of nitrogens with zero attached hydrogens (tertiary/aromatic N) is 3. The Morgan fingerprint density at radius 1 is 1.00 bits per heavy atom. The smallest absolute Gasteiger partial charge is 0.338 e. The standard InChI is InChI=1S/C22H22N4O2/c1-2-28-22(27)18-11-12-23-21(14-18)24-20-10-9-19(25-26-20)17-8-7-15-5-3-4-6-16(15)13-17/h7-14H,2-6H2,1H3,(H,23,24,26). The summed E-state index contributed by atoms with van der Waals surface area (Å²) in [6.07, 6.45) is 6.39. The van der Waals surface area contributed by atoms with E-state index in [9.17, 15) is 4.79 Å². The van der Waals surface area contributed by atoms with Gasteiger partial charge in [0.2, 0.25) is 0 Å². The summed E-state index contributed by atoms with van der Waals surface area (Å²) in [6.45, 7) is 2.11. The molecule has 3 aromatic rings. The summed E-state index contributed by atoms with van der Waals surface area (Å²) in [5.74, 6) is 0.707. The summed E-state index contributed by atoms with van der Waals surface area (Å²) < 4.78 is 5.01. The summed E-state index contributed by atoms with van der Waals surface area (Å²) in [7, 11) is 0. The fourth-order valence-corrected chi connectivity index (χ4v) is 3.42. The van der Waals surface area contributed by atoms with Gasteiger partial charge in [0.1, 0.15) is 5.82 Å². The Kier molecular flexibility index (Phi) is 5.28. The van der Waals surface area contributed by atoms with Crippen molar-refractivity contribution in [3.05, 3.63) is 65.4 Å². The lowest BCUT2D eigenvalue weighted by Crippen LogP contribution is -2.06. The highest BCUT2D eigenvalue weighted by Gasteiger charge is 2.12. The number of pyridine rings is 1. The molecule has 0 atom stereocenters. The lowest BCUT2D eigenvalue weighted by atomic mass is 9.90. The number of rotatable bonds is 5. The maximum Gasteiger partial charge on any atom is 0.338 e. The average Bonchev–Trinajstić information content (AvgIpc) is 2.74. The first-order chi connectivity index (χ1) is 13.7. The zero-order chi connectivity index (χ0) is 19.3. The molecular formula is C22H22N4O2. The fraction of sp³-hybridized carbons (Fsp3) is 0.273. The molecule has 0 spiro atoms. The topological polar surface area (TPSA) is 77.0 Å². The molecule has 0 fully saturated rings. The van der Waals surface area contributed by atoms with Gasteiger partial charge in [-0.05, 0) is 74.1 Å². The second-order valence-electron chi connectivity index (χ2n) is 6.77. The van der Waals surface area contributed by atoms with E-state index in [0.717, 1.165) is 17.7 Å². The van der Waals surface area contributed by atoms with Crippen molar-refractivity contribution in [1.29, 1.82) is 0 Å². The van der Waals surface area contributed by atoms with Crippen LogP contribution in [0.15, 0.2) is 48.7 Å². The number of aromatic nitrogens is 3. The van der Waals surface area contributed by atoms with Gasteiger partial charge in [0.15, 0.2) is 5.82 Å². The van der Waals surface area contributed by atoms with Crippen molar-refractivity contribution in [2.45, 2.75) is 32.6 Å². The number of carbonyl (C=O) groups is 1. The number of nitrogens with one attached hydrogen (secondary N) is 1. The predicted octanol–water partition coefficient (Wildman–Crippen LogP) is 4.34. The molecule has 0 radical (unpaired) electrons. The Morgan fingerprint density at radius 3 is 2.64 bits per heavy atom. The molecule has 1 aliphatic rings. The normalized spacial score (nSPS) is 12.9. The van der Waals surface area contributed by atoms with Gasteiger partial charge in [0.25, 0.3) is 0 Å². The first kappa shape index (κ1) is 18.1. The summed E-state index contributed by atoms with van der Waals surface area (Å²) in [5, 5.41) is 11.7. The molecule has 1 aliphatic carbocycles. The van der Waals surface area contributed by atoms with Crippen LogP contribution < -0.4 is 5.32 Å². The Morgan fingerprint density at radius 2 is 1.86 bits per heavy atom. The molecule has 1 N–H and O–H groups in total. The maximum absolute atomic E-state index is 11.8. The lowest BCUT2D eigenvalue weighted by molar-refractivity contribution is 0.0526. The minimum Gasteiger partial charge on any atom is -0.462 e. The van der Waals surface area contributed by atoms with Crippen LogP contribution in [0.1, 0.15) is 41.3 Å². The molecule has 0 amide bonds. The zero-order valence-corrected chi connectivity index (χ0v) is 15.8. The third kappa shape index (κ3) is 4.01. The van der Waals surface area contributed by atoms with Gasteiger partial charge in [-0.3, -0.25) is 0 Å². The molecule has 6 heteroatoms. The van der Waals surface area contributed by atoms with Gasteiger partial charge in [0.05, 0.1) is 17.9 Å². The Hall–Kier alpha value is -3.28. The number of fused-ring (bicyclic) bond motifs is 1. The highest BCUT2D eigenvalue weighted by Crippen LogP contribution is 2.26. The van der Waals surface area contributed by atoms with Gasteiger partial charge in [-0.1, -0.05) is 12.1 Å². The summed E-state index contributed by atoms with van der Waals surface area (Å²) in [4.78, 5) is 16.1. The molecule has 6 nitrogen and oxygen atoms in total. The third-order valence-corrected chi connectivity index (χ3v) is 4.84. The molecule has 0 unspecified atom stereocenters. The molecule has 0 saturated carbocycles.